The van der Waals surface area contributed by atoms with Crippen molar-refractivity contribution in [1.82, 2.24) is 15.2 Å². The number of halogens is 2. The molecule has 0 spiro atoms. The van der Waals surface area contributed by atoms with E-state index in [0.29, 0.717) is 32.2 Å². The Hall–Kier alpha value is -4.01. The van der Waals surface area contributed by atoms with Gasteiger partial charge in [0, 0.05) is 25.6 Å². The van der Waals surface area contributed by atoms with Crippen LogP contribution in [0.5, 0.6) is 17.4 Å². The van der Waals surface area contributed by atoms with E-state index in [0.717, 1.165) is 17.8 Å². The Kier molecular flexibility index (Phi) is 7.77. The molecule has 2 N–H and O–H groups in total. The maximum absolute atomic E-state index is 13.9. The second-order valence-corrected chi connectivity index (χ2v) is 8.86. The topological polar surface area (TPSA) is 91.8 Å². The van der Waals surface area contributed by atoms with E-state index in [9.17, 15) is 23.5 Å². The van der Waals surface area contributed by atoms with E-state index in [2.05, 4.69) is 10.3 Å². The van der Waals surface area contributed by atoms with Crippen LogP contribution in [0.4, 0.5) is 8.78 Å². The number of pyridine rings is 1. The number of amides is 2. The Morgan fingerprint density at radius 1 is 1.06 bits per heavy atom. The van der Waals surface area contributed by atoms with Gasteiger partial charge in [-0.05, 0) is 73.7 Å². The van der Waals surface area contributed by atoms with Gasteiger partial charge in [-0.2, -0.15) is 0 Å². The molecule has 0 unspecified atom stereocenters. The van der Waals surface area contributed by atoms with Gasteiger partial charge in [-0.15, -0.1) is 0 Å². The van der Waals surface area contributed by atoms with E-state index in [1.165, 1.54) is 31.2 Å². The third-order valence-electron chi connectivity index (χ3n) is 6.23. The number of phenols is 1. The van der Waals surface area contributed by atoms with Gasteiger partial charge < -0.3 is 20.1 Å². The first kappa shape index (κ1) is 25.1. The number of hydrogen-bond donors (Lipinski definition) is 2. The first-order valence-corrected chi connectivity index (χ1v) is 11.7. The Morgan fingerprint density at radius 3 is 2.44 bits per heavy atom. The van der Waals surface area contributed by atoms with Crippen LogP contribution < -0.4 is 10.1 Å². The number of aromatic hydroxyl groups is 1. The smallest absolute Gasteiger partial charge is 0.257 e. The SMILES string of the molecule is CC(=O)N(Cc1cccc(O)c1)C1CCC(NC(=O)c2cc(F)cnc2Oc2ccc(F)cc2)CC1. The van der Waals surface area contributed by atoms with Crippen LogP contribution in [0.2, 0.25) is 0 Å². The standard InChI is InChI=1S/C27H27F2N3O4/c1-17(33)32(16-18-3-2-4-23(34)13-18)22-9-7-21(8-10-22)31-26(35)25-14-20(29)15-30-27(25)36-24-11-5-19(28)6-12-24/h2-6,11-15,21-22,34H,7-10,16H2,1H3,(H,31,35). The van der Waals surface area contributed by atoms with Gasteiger partial charge in [0.25, 0.3) is 5.91 Å². The molecule has 1 aromatic heterocycles. The van der Waals surface area contributed by atoms with E-state index < -0.39 is 17.5 Å². The summed E-state index contributed by atoms with van der Waals surface area (Å²) in [5, 5.41) is 12.6. The molecule has 1 aliphatic rings. The Morgan fingerprint density at radius 2 is 1.78 bits per heavy atom. The molecule has 0 bridgehead atoms. The second kappa shape index (κ2) is 11.2. The molecule has 2 aromatic carbocycles. The Labute approximate surface area is 207 Å². The molecule has 0 saturated heterocycles. The number of nitrogens with one attached hydrogen (secondary N) is 1. The minimum Gasteiger partial charge on any atom is -0.508 e. The highest BCUT2D eigenvalue weighted by Crippen LogP contribution is 2.28. The van der Waals surface area contributed by atoms with Gasteiger partial charge in [-0.3, -0.25) is 9.59 Å². The summed E-state index contributed by atoms with van der Waals surface area (Å²) in [7, 11) is 0. The molecule has 1 heterocycles. The molecule has 9 heteroatoms. The fourth-order valence-corrected chi connectivity index (χ4v) is 4.43. The first-order valence-electron chi connectivity index (χ1n) is 11.7. The number of rotatable bonds is 7. The lowest BCUT2D eigenvalue weighted by Gasteiger charge is -2.37. The number of carbonyl (C=O) groups excluding carboxylic acids is 2. The van der Waals surface area contributed by atoms with Gasteiger partial charge in [-0.25, -0.2) is 13.8 Å². The number of benzene rings is 2. The number of carbonyl (C=O) groups is 2. The van der Waals surface area contributed by atoms with E-state index in [1.807, 2.05) is 6.07 Å². The zero-order valence-electron chi connectivity index (χ0n) is 19.8. The van der Waals surface area contributed by atoms with Gasteiger partial charge >= 0.3 is 0 Å². The summed E-state index contributed by atoms with van der Waals surface area (Å²) in [5.41, 5.74) is 0.781. The summed E-state index contributed by atoms with van der Waals surface area (Å²) in [6.45, 7) is 1.92. The minimum atomic E-state index is -0.681. The van der Waals surface area contributed by atoms with Gasteiger partial charge in [0.1, 0.15) is 28.7 Å². The molecule has 2 amide bonds. The molecular formula is C27H27F2N3O4. The highest BCUT2D eigenvalue weighted by Gasteiger charge is 2.29. The summed E-state index contributed by atoms with van der Waals surface area (Å²) in [6, 6.07) is 12.9. The lowest BCUT2D eigenvalue weighted by atomic mass is 9.89. The third kappa shape index (κ3) is 6.35. The van der Waals surface area contributed by atoms with Crippen molar-refractivity contribution in [2.45, 2.75) is 51.2 Å². The average molecular weight is 496 g/mol. The van der Waals surface area contributed by atoms with Gasteiger partial charge in [0.2, 0.25) is 11.8 Å². The van der Waals surface area contributed by atoms with Crippen LogP contribution in [0.25, 0.3) is 0 Å². The van der Waals surface area contributed by atoms with Crippen LogP contribution in [-0.2, 0) is 11.3 Å². The van der Waals surface area contributed by atoms with Gasteiger partial charge in [0.15, 0.2) is 0 Å². The monoisotopic (exact) mass is 495 g/mol. The predicted octanol–water partition coefficient (Wildman–Crippen LogP) is 4.95. The van der Waals surface area contributed by atoms with E-state index >= 15 is 0 Å². The highest BCUT2D eigenvalue weighted by molar-refractivity contribution is 5.96. The predicted molar refractivity (Wildman–Crippen MR) is 129 cm³/mol. The van der Waals surface area contributed by atoms with E-state index in [1.54, 1.807) is 23.1 Å². The van der Waals surface area contributed by atoms with Crippen LogP contribution in [0.15, 0.2) is 60.8 Å². The van der Waals surface area contributed by atoms with Crippen molar-refractivity contribution < 1.29 is 28.2 Å². The molecule has 4 rings (SSSR count). The maximum Gasteiger partial charge on any atom is 0.257 e. The Bertz CT molecular complexity index is 1230. The minimum absolute atomic E-state index is 0.00575. The van der Waals surface area contributed by atoms with Crippen LogP contribution in [0, 0.1) is 11.6 Å². The second-order valence-electron chi connectivity index (χ2n) is 8.86. The van der Waals surface area contributed by atoms with Crippen LogP contribution >= 0.6 is 0 Å². The van der Waals surface area contributed by atoms with Gasteiger partial charge in [0.05, 0.1) is 6.20 Å². The molecule has 7 nitrogen and oxygen atoms in total. The van der Waals surface area contributed by atoms with Crippen molar-refractivity contribution >= 4 is 11.8 Å². The summed E-state index contributed by atoms with van der Waals surface area (Å²) in [4.78, 5) is 31.0. The van der Waals surface area contributed by atoms with Crippen LogP contribution in [0.1, 0.15) is 48.5 Å². The van der Waals surface area contributed by atoms with Crippen molar-refractivity contribution in [3.63, 3.8) is 0 Å². The Balaban J connectivity index is 1.38. The van der Waals surface area contributed by atoms with E-state index in [4.69, 9.17) is 4.74 Å². The number of phenolic OH excluding ortho intramolecular Hbond substituents is 1. The lowest BCUT2D eigenvalue weighted by molar-refractivity contribution is -0.132. The van der Waals surface area contributed by atoms with Gasteiger partial charge in [-0.1, -0.05) is 12.1 Å². The molecule has 1 fully saturated rings. The summed E-state index contributed by atoms with van der Waals surface area (Å²) >= 11 is 0. The molecule has 0 atom stereocenters. The van der Waals surface area contributed by atoms with E-state index in [-0.39, 0.29) is 40.9 Å². The molecule has 0 radical (unpaired) electrons. The number of nitrogens with zero attached hydrogens (tertiary/aromatic N) is 2. The normalized spacial score (nSPS) is 17.3. The zero-order chi connectivity index (χ0) is 25.7. The number of aromatic nitrogens is 1. The van der Waals surface area contributed by atoms with Crippen molar-refractivity contribution in [3.05, 3.63) is 83.6 Å². The maximum atomic E-state index is 13.9. The largest absolute Gasteiger partial charge is 0.508 e. The molecule has 36 heavy (non-hydrogen) atoms. The average Bonchev–Trinajstić information content (AvgIpc) is 2.85. The molecule has 1 aliphatic carbocycles. The summed E-state index contributed by atoms with van der Waals surface area (Å²) < 4.78 is 32.7. The zero-order valence-corrected chi connectivity index (χ0v) is 19.8. The lowest BCUT2D eigenvalue weighted by Crippen LogP contribution is -2.45. The first-order chi connectivity index (χ1) is 17.3. The molecular weight excluding hydrogens is 468 g/mol. The summed E-state index contributed by atoms with van der Waals surface area (Å²) in [6.07, 6.45) is 3.59. The van der Waals surface area contributed by atoms with Crippen LogP contribution in [-0.4, -0.2) is 38.9 Å². The molecule has 0 aliphatic heterocycles. The summed E-state index contributed by atoms with van der Waals surface area (Å²) in [5.74, 6) is -1.36. The molecule has 3 aromatic rings. The quantitative estimate of drug-likeness (QED) is 0.484. The molecule has 1 saturated carbocycles. The van der Waals surface area contributed by atoms with Crippen molar-refractivity contribution in [1.29, 1.82) is 0 Å². The highest BCUT2D eigenvalue weighted by atomic mass is 19.1. The molecule has 188 valence electrons. The van der Waals surface area contributed by atoms with Crippen LogP contribution in [0.3, 0.4) is 0 Å². The fourth-order valence-electron chi connectivity index (χ4n) is 4.43. The van der Waals surface area contributed by atoms with Crippen molar-refractivity contribution in [2.75, 3.05) is 0 Å². The fraction of sp³-hybridized carbons (Fsp3) is 0.296. The number of ether oxygens (including phenoxy) is 1. The third-order valence-corrected chi connectivity index (χ3v) is 6.23. The van der Waals surface area contributed by atoms with Crippen molar-refractivity contribution in [2.24, 2.45) is 0 Å². The number of hydrogen-bond acceptors (Lipinski definition) is 5. The van der Waals surface area contributed by atoms with Crippen molar-refractivity contribution in [3.8, 4) is 17.4 Å².